The fourth-order valence-electron chi connectivity index (χ4n) is 3.35. The molecule has 3 fully saturated rings. The van der Waals surface area contributed by atoms with Gasteiger partial charge in [0.15, 0.2) is 0 Å². The van der Waals surface area contributed by atoms with Crippen molar-refractivity contribution >= 4 is 10.0 Å². The molecule has 116 valence electrons. The van der Waals surface area contributed by atoms with Crippen molar-refractivity contribution < 1.29 is 8.42 Å². The Kier molecular flexibility index (Phi) is 4.65. The van der Waals surface area contributed by atoms with Crippen molar-refractivity contribution in [2.45, 2.75) is 50.6 Å². The molecular formula is C14H27N3O2S. The van der Waals surface area contributed by atoms with Crippen LogP contribution in [0.1, 0.15) is 38.5 Å². The lowest BCUT2D eigenvalue weighted by Gasteiger charge is -2.23. The van der Waals surface area contributed by atoms with Crippen LogP contribution < -0.4 is 5.32 Å². The quantitative estimate of drug-likeness (QED) is 0.701. The van der Waals surface area contributed by atoms with E-state index in [0.717, 1.165) is 45.6 Å². The highest BCUT2D eigenvalue weighted by molar-refractivity contribution is 7.89. The minimum Gasteiger partial charge on any atom is -0.314 e. The molecular weight excluding hydrogens is 274 g/mol. The molecule has 0 bridgehead atoms. The van der Waals surface area contributed by atoms with Gasteiger partial charge in [-0.05, 0) is 58.2 Å². The normalized spacial score (nSPS) is 29.3. The van der Waals surface area contributed by atoms with Gasteiger partial charge in [0.1, 0.15) is 0 Å². The van der Waals surface area contributed by atoms with Crippen LogP contribution in [-0.4, -0.2) is 68.2 Å². The van der Waals surface area contributed by atoms with Crippen LogP contribution in [0.3, 0.4) is 0 Å². The molecule has 1 unspecified atom stereocenters. The lowest BCUT2D eigenvalue weighted by atomic mass is 10.2. The van der Waals surface area contributed by atoms with E-state index in [9.17, 15) is 8.42 Å². The summed E-state index contributed by atoms with van der Waals surface area (Å²) in [7, 11) is -3.03. The summed E-state index contributed by atoms with van der Waals surface area (Å²) in [4.78, 5) is 2.48. The smallest absolute Gasteiger partial charge is 0.214 e. The van der Waals surface area contributed by atoms with Crippen LogP contribution in [0.15, 0.2) is 0 Å². The number of nitrogens with zero attached hydrogens (tertiary/aromatic N) is 2. The molecule has 0 spiro atoms. The number of rotatable bonds is 7. The van der Waals surface area contributed by atoms with Gasteiger partial charge in [-0.15, -0.1) is 0 Å². The van der Waals surface area contributed by atoms with E-state index in [1.54, 1.807) is 4.31 Å². The van der Waals surface area contributed by atoms with Gasteiger partial charge in [-0.1, -0.05) is 0 Å². The second-order valence-corrected chi connectivity index (χ2v) is 8.53. The van der Waals surface area contributed by atoms with Crippen molar-refractivity contribution in [1.29, 1.82) is 0 Å². The first-order valence-corrected chi connectivity index (χ1v) is 9.71. The molecule has 5 nitrogen and oxygen atoms in total. The van der Waals surface area contributed by atoms with E-state index in [1.807, 2.05) is 0 Å². The maximum absolute atomic E-state index is 12.3. The molecule has 6 heteroatoms. The number of hydrogen-bond donors (Lipinski definition) is 1. The monoisotopic (exact) mass is 301 g/mol. The number of sulfonamides is 1. The molecule has 20 heavy (non-hydrogen) atoms. The van der Waals surface area contributed by atoms with Crippen LogP contribution in [-0.2, 0) is 10.0 Å². The van der Waals surface area contributed by atoms with Crippen LogP contribution >= 0.6 is 0 Å². The van der Waals surface area contributed by atoms with Crippen LogP contribution in [0, 0.1) is 0 Å². The average Bonchev–Trinajstić information content (AvgIpc) is 2.93. The van der Waals surface area contributed by atoms with Crippen LogP contribution in [0.2, 0.25) is 0 Å². The largest absolute Gasteiger partial charge is 0.314 e. The van der Waals surface area contributed by atoms with E-state index in [1.165, 1.54) is 25.7 Å². The molecule has 1 saturated carbocycles. The van der Waals surface area contributed by atoms with E-state index < -0.39 is 10.0 Å². The molecule has 3 aliphatic rings. The first-order chi connectivity index (χ1) is 9.65. The molecule has 2 heterocycles. The standard InChI is InChI=1S/C14H27N3O2S/c18-20(19,11-3-7-15-13-4-5-13)17-10-6-14(12-17)16-8-1-2-9-16/h13-15H,1-12H2. The zero-order valence-electron chi connectivity index (χ0n) is 12.3. The molecule has 0 aromatic carbocycles. The summed E-state index contributed by atoms with van der Waals surface area (Å²) in [5.74, 6) is 0.305. The van der Waals surface area contributed by atoms with Crippen LogP contribution in [0.25, 0.3) is 0 Å². The molecule has 0 aromatic heterocycles. The highest BCUT2D eigenvalue weighted by Crippen LogP contribution is 2.23. The van der Waals surface area contributed by atoms with E-state index in [4.69, 9.17) is 0 Å². The van der Waals surface area contributed by atoms with E-state index in [0.29, 0.717) is 17.8 Å². The lowest BCUT2D eigenvalue weighted by Crippen LogP contribution is -2.38. The van der Waals surface area contributed by atoms with Gasteiger partial charge in [-0.25, -0.2) is 12.7 Å². The summed E-state index contributed by atoms with van der Waals surface area (Å²) < 4.78 is 26.4. The van der Waals surface area contributed by atoms with Gasteiger partial charge >= 0.3 is 0 Å². The summed E-state index contributed by atoms with van der Waals surface area (Å²) in [5.41, 5.74) is 0. The molecule has 0 radical (unpaired) electrons. The van der Waals surface area contributed by atoms with E-state index in [2.05, 4.69) is 10.2 Å². The third-order valence-corrected chi connectivity index (χ3v) is 6.69. The van der Waals surface area contributed by atoms with Gasteiger partial charge in [0.05, 0.1) is 5.75 Å². The summed E-state index contributed by atoms with van der Waals surface area (Å²) in [6.45, 7) is 4.60. The fraction of sp³-hybridized carbons (Fsp3) is 1.00. The SMILES string of the molecule is O=S(=O)(CCCNC1CC1)N1CCC(N2CCCC2)C1. The third-order valence-electron chi connectivity index (χ3n) is 4.77. The molecule has 2 saturated heterocycles. The Morgan fingerprint density at radius 1 is 1.05 bits per heavy atom. The molecule has 1 atom stereocenters. The van der Waals surface area contributed by atoms with Gasteiger partial charge in [0.25, 0.3) is 0 Å². The van der Waals surface area contributed by atoms with Crippen molar-refractivity contribution in [3.63, 3.8) is 0 Å². The Hall–Kier alpha value is -0.170. The van der Waals surface area contributed by atoms with E-state index in [-0.39, 0.29) is 0 Å². The van der Waals surface area contributed by atoms with Gasteiger partial charge in [-0.2, -0.15) is 0 Å². The minimum absolute atomic E-state index is 0.305. The van der Waals surface area contributed by atoms with Crippen molar-refractivity contribution in [3.05, 3.63) is 0 Å². The predicted molar refractivity (Wildman–Crippen MR) is 80.2 cm³/mol. The fourth-order valence-corrected chi connectivity index (χ4v) is 4.90. The van der Waals surface area contributed by atoms with Crippen molar-refractivity contribution in [3.8, 4) is 0 Å². The maximum atomic E-state index is 12.3. The van der Waals surface area contributed by atoms with Crippen LogP contribution in [0.4, 0.5) is 0 Å². The maximum Gasteiger partial charge on any atom is 0.214 e. The van der Waals surface area contributed by atoms with E-state index >= 15 is 0 Å². The Morgan fingerprint density at radius 2 is 1.80 bits per heavy atom. The van der Waals surface area contributed by atoms with Crippen molar-refractivity contribution in [2.75, 3.05) is 38.5 Å². The van der Waals surface area contributed by atoms with Gasteiger partial charge in [-0.3, -0.25) is 4.90 Å². The van der Waals surface area contributed by atoms with Crippen molar-refractivity contribution in [1.82, 2.24) is 14.5 Å². The Morgan fingerprint density at radius 3 is 2.50 bits per heavy atom. The highest BCUT2D eigenvalue weighted by atomic mass is 32.2. The second-order valence-electron chi connectivity index (χ2n) is 6.44. The lowest BCUT2D eigenvalue weighted by molar-refractivity contribution is 0.251. The molecule has 0 amide bonds. The molecule has 1 N–H and O–H groups in total. The first kappa shape index (κ1) is 14.8. The second kappa shape index (κ2) is 6.30. The molecule has 0 aromatic rings. The number of hydrogen-bond acceptors (Lipinski definition) is 4. The number of likely N-dealkylation sites (tertiary alicyclic amines) is 1. The van der Waals surface area contributed by atoms with Crippen LogP contribution in [0.5, 0.6) is 0 Å². The van der Waals surface area contributed by atoms with Crippen molar-refractivity contribution in [2.24, 2.45) is 0 Å². The first-order valence-electron chi connectivity index (χ1n) is 8.10. The van der Waals surface area contributed by atoms with Gasteiger partial charge in [0, 0.05) is 25.2 Å². The summed E-state index contributed by atoms with van der Waals surface area (Å²) in [6.07, 6.45) is 6.82. The Labute approximate surface area is 122 Å². The zero-order valence-corrected chi connectivity index (χ0v) is 13.1. The predicted octanol–water partition coefficient (Wildman–Crippen LogP) is 0.628. The molecule has 1 aliphatic carbocycles. The topological polar surface area (TPSA) is 52.7 Å². The Bertz CT molecular complexity index is 416. The average molecular weight is 301 g/mol. The summed E-state index contributed by atoms with van der Waals surface area (Å²) in [5, 5.41) is 3.38. The third kappa shape index (κ3) is 3.72. The Balaban J connectivity index is 1.42. The van der Waals surface area contributed by atoms with Gasteiger partial charge in [0.2, 0.25) is 10.0 Å². The summed E-state index contributed by atoms with van der Waals surface area (Å²) >= 11 is 0. The minimum atomic E-state index is -3.03. The molecule has 3 rings (SSSR count). The van der Waals surface area contributed by atoms with Gasteiger partial charge < -0.3 is 5.32 Å². The highest BCUT2D eigenvalue weighted by Gasteiger charge is 2.34. The summed E-state index contributed by atoms with van der Waals surface area (Å²) in [6, 6.07) is 1.14. The number of nitrogens with one attached hydrogen (secondary N) is 1. The molecule has 2 aliphatic heterocycles. The zero-order chi connectivity index (χ0) is 14.0.